The third kappa shape index (κ3) is 2.30. The van der Waals surface area contributed by atoms with Gasteiger partial charge in [0.25, 0.3) is 0 Å². The Bertz CT molecular complexity index is 429. The van der Waals surface area contributed by atoms with E-state index in [2.05, 4.69) is 37.3 Å². The summed E-state index contributed by atoms with van der Waals surface area (Å²) in [6.45, 7) is 2.20. The molecule has 0 aromatic rings. The minimum atomic E-state index is -0.773. The number of rotatable bonds is 3. The summed E-state index contributed by atoms with van der Waals surface area (Å²) in [5.41, 5.74) is 1.37. The van der Waals surface area contributed by atoms with Gasteiger partial charge in [0, 0.05) is 10.3 Å². The zero-order valence-electron chi connectivity index (χ0n) is 9.14. The molecule has 0 aromatic heterocycles. The maximum atomic E-state index is 10.5. The van der Waals surface area contributed by atoms with Crippen molar-refractivity contribution >= 4 is 17.7 Å². The number of thioether (sulfide) groups is 1. The van der Waals surface area contributed by atoms with Gasteiger partial charge in [-0.1, -0.05) is 37.3 Å². The minimum absolute atomic E-state index is 0.0992. The molecule has 0 saturated heterocycles. The number of carboxylic acids is 1. The number of hydrogen-bond donors (Lipinski definition) is 1. The minimum Gasteiger partial charge on any atom is -0.481 e. The highest BCUT2D eigenvalue weighted by atomic mass is 32.2. The molecule has 1 atom stereocenters. The summed E-state index contributed by atoms with van der Waals surface area (Å²) in [4.78, 5) is 11.5. The van der Waals surface area contributed by atoms with Crippen molar-refractivity contribution in [3.8, 4) is 0 Å². The van der Waals surface area contributed by atoms with Gasteiger partial charge in [-0.05, 0) is 18.1 Å². The highest BCUT2D eigenvalue weighted by Gasteiger charge is 2.27. The van der Waals surface area contributed by atoms with Crippen LogP contribution in [0.3, 0.4) is 0 Å². The largest absolute Gasteiger partial charge is 0.481 e. The second-order valence-electron chi connectivity index (χ2n) is 4.23. The van der Waals surface area contributed by atoms with Crippen LogP contribution in [0.15, 0.2) is 46.9 Å². The molecule has 16 heavy (non-hydrogen) atoms. The molecule has 0 bridgehead atoms. The molecule has 0 heterocycles. The van der Waals surface area contributed by atoms with E-state index in [1.165, 1.54) is 17.3 Å². The van der Waals surface area contributed by atoms with E-state index in [1.807, 2.05) is 6.08 Å². The number of carbonyl (C=O) groups is 1. The Morgan fingerprint density at radius 1 is 1.62 bits per heavy atom. The lowest BCUT2D eigenvalue weighted by Gasteiger charge is -2.31. The molecule has 0 amide bonds. The smallest absolute Gasteiger partial charge is 0.313 e. The second-order valence-corrected chi connectivity index (χ2v) is 5.28. The van der Waals surface area contributed by atoms with Crippen LogP contribution in [0.1, 0.15) is 13.3 Å². The highest BCUT2D eigenvalue weighted by Crippen LogP contribution is 2.41. The van der Waals surface area contributed by atoms with E-state index in [0.29, 0.717) is 0 Å². The Balaban J connectivity index is 2.14. The van der Waals surface area contributed by atoms with Crippen molar-refractivity contribution < 1.29 is 9.90 Å². The first-order valence-corrected chi connectivity index (χ1v) is 6.21. The fraction of sp³-hybridized carbons (Fsp3) is 0.308. The van der Waals surface area contributed by atoms with E-state index in [1.54, 1.807) is 0 Å². The number of fused-ring (bicyclic) bond motifs is 1. The molecular formula is C13H14O2S. The first-order chi connectivity index (χ1) is 7.60. The molecule has 0 spiro atoms. The lowest BCUT2D eigenvalue weighted by atomic mass is 9.74. The lowest BCUT2D eigenvalue weighted by Crippen LogP contribution is -2.18. The van der Waals surface area contributed by atoms with Crippen LogP contribution in [0.2, 0.25) is 0 Å². The Morgan fingerprint density at radius 2 is 2.44 bits per heavy atom. The average molecular weight is 234 g/mol. The highest BCUT2D eigenvalue weighted by molar-refractivity contribution is 8.03. The summed E-state index contributed by atoms with van der Waals surface area (Å²) in [5, 5.41) is 8.63. The Kier molecular flexibility index (Phi) is 3.06. The summed E-state index contributed by atoms with van der Waals surface area (Å²) in [5.74, 6) is -0.652. The zero-order chi connectivity index (χ0) is 11.6. The van der Waals surface area contributed by atoms with Gasteiger partial charge in [0.15, 0.2) is 0 Å². The molecule has 0 aromatic carbocycles. The lowest BCUT2D eigenvalue weighted by molar-refractivity contribution is -0.133. The third-order valence-corrected chi connectivity index (χ3v) is 3.87. The van der Waals surface area contributed by atoms with Gasteiger partial charge in [0.2, 0.25) is 0 Å². The molecule has 1 N–H and O–H groups in total. The molecule has 0 radical (unpaired) electrons. The fourth-order valence-electron chi connectivity index (χ4n) is 1.87. The number of allylic oxidation sites excluding steroid dienone is 7. The van der Waals surface area contributed by atoms with Crippen LogP contribution in [0.4, 0.5) is 0 Å². The van der Waals surface area contributed by atoms with Crippen LogP contribution in [-0.4, -0.2) is 16.8 Å². The Hall–Kier alpha value is -1.22. The summed E-state index contributed by atoms with van der Waals surface area (Å²) < 4.78 is 0. The molecular weight excluding hydrogens is 220 g/mol. The van der Waals surface area contributed by atoms with Gasteiger partial charge in [-0.3, -0.25) is 4.79 Å². The van der Waals surface area contributed by atoms with Crippen molar-refractivity contribution in [2.75, 3.05) is 5.75 Å². The predicted octanol–water partition coefficient (Wildman–Crippen LogP) is 3.15. The number of aliphatic carboxylic acids is 1. The van der Waals surface area contributed by atoms with Gasteiger partial charge < -0.3 is 5.11 Å². The quantitative estimate of drug-likeness (QED) is 0.815. The normalized spacial score (nSPS) is 27.1. The Morgan fingerprint density at radius 3 is 3.19 bits per heavy atom. The van der Waals surface area contributed by atoms with E-state index < -0.39 is 5.97 Å². The molecule has 1 unspecified atom stereocenters. The number of hydrogen-bond acceptors (Lipinski definition) is 2. The van der Waals surface area contributed by atoms with Gasteiger partial charge in [-0.2, -0.15) is 0 Å². The van der Waals surface area contributed by atoms with Crippen molar-refractivity contribution in [2.45, 2.75) is 13.3 Å². The Labute approximate surface area is 99.4 Å². The van der Waals surface area contributed by atoms with E-state index in [9.17, 15) is 4.79 Å². The van der Waals surface area contributed by atoms with Gasteiger partial charge >= 0.3 is 5.97 Å². The summed E-state index contributed by atoms with van der Waals surface area (Å²) in [6, 6.07) is 0. The van der Waals surface area contributed by atoms with E-state index in [0.717, 1.165) is 11.3 Å². The molecule has 2 rings (SSSR count). The van der Waals surface area contributed by atoms with Gasteiger partial charge in [-0.15, -0.1) is 11.8 Å². The van der Waals surface area contributed by atoms with E-state index in [-0.39, 0.29) is 11.2 Å². The number of carboxylic acid groups (broad SMARTS) is 1. The van der Waals surface area contributed by atoms with Gasteiger partial charge in [0.1, 0.15) is 0 Å². The SMILES string of the molecule is CC12C=CC(SCC(=O)O)=CC1=CC=CC2. The fourth-order valence-corrected chi connectivity index (χ4v) is 2.54. The topological polar surface area (TPSA) is 37.3 Å². The standard InChI is InChI=1S/C13H14O2S/c1-13-6-3-2-4-10(13)8-11(5-7-13)16-9-12(14)15/h2-5,7-8H,6,9H2,1H3,(H,14,15). The molecule has 0 aliphatic heterocycles. The van der Waals surface area contributed by atoms with E-state index in [4.69, 9.17) is 5.11 Å². The first-order valence-electron chi connectivity index (χ1n) is 5.23. The monoisotopic (exact) mass is 234 g/mol. The molecule has 3 heteroatoms. The van der Waals surface area contributed by atoms with Crippen LogP contribution >= 0.6 is 11.8 Å². The molecule has 2 nitrogen and oxygen atoms in total. The van der Waals surface area contributed by atoms with Gasteiger partial charge in [0.05, 0.1) is 5.75 Å². The van der Waals surface area contributed by atoms with Crippen LogP contribution in [0.5, 0.6) is 0 Å². The third-order valence-electron chi connectivity index (χ3n) is 2.89. The van der Waals surface area contributed by atoms with Crippen molar-refractivity contribution in [3.05, 3.63) is 46.9 Å². The van der Waals surface area contributed by atoms with Crippen LogP contribution in [-0.2, 0) is 4.79 Å². The predicted molar refractivity (Wildman–Crippen MR) is 67.3 cm³/mol. The molecule has 2 aliphatic rings. The second kappa shape index (κ2) is 4.34. The molecule has 84 valence electrons. The van der Waals surface area contributed by atoms with Crippen LogP contribution in [0, 0.1) is 5.41 Å². The molecule has 0 saturated carbocycles. The molecule has 2 aliphatic carbocycles. The van der Waals surface area contributed by atoms with Crippen LogP contribution < -0.4 is 0 Å². The summed E-state index contributed by atoms with van der Waals surface area (Å²) >= 11 is 1.37. The van der Waals surface area contributed by atoms with Crippen molar-refractivity contribution in [2.24, 2.45) is 5.41 Å². The van der Waals surface area contributed by atoms with Gasteiger partial charge in [-0.25, -0.2) is 0 Å². The molecule has 0 fully saturated rings. The zero-order valence-corrected chi connectivity index (χ0v) is 9.96. The summed E-state index contributed by atoms with van der Waals surface area (Å²) in [6.07, 6.45) is 13.6. The first kappa shape index (κ1) is 11.3. The van der Waals surface area contributed by atoms with Crippen molar-refractivity contribution in [3.63, 3.8) is 0 Å². The average Bonchev–Trinajstić information content (AvgIpc) is 2.26. The van der Waals surface area contributed by atoms with E-state index >= 15 is 0 Å². The summed E-state index contributed by atoms with van der Waals surface area (Å²) in [7, 11) is 0. The van der Waals surface area contributed by atoms with Crippen molar-refractivity contribution in [1.29, 1.82) is 0 Å². The maximum absolute atomic E-state index is 10.5. The van der Waals surface area contributed by atoms with Crippen molar-refractivity contribution in [1.82, 2.24) is 0 Å². The van der Waals surface area contributed by atoms with Crippen LogP contribution in [0.25, 0.3) is 0 Å². The maximum Gasteiger partial charge on any atom is 0.313 e.